The van der Waals surface area contributed by atoms with Gasteiger partial charge in [0.25, 0.3) is 0 Å². The van der Waals surface area contributed by atoms with E-state index in [1.54, 1.807) is 11.8 Å². The lowest BCUT2D eigenvalue weighted by molar-refractivity contribution is 0.0845. The van der Waals surface area contributed by atoms with Gasteiger partial charge in [-0.2, -0.15) is 0 Å². The van der Waals surface area contributed by atoms with Gasteiger partial charge in [0.2, 0.25) is 0 Å². The third-order valence-corrected chi connectivity index (χ3v) is 4.93. The molecule has 0 bridgehead atoms. The molecule has 0 saturated carbocycles. The molecule has 118 valence electrons. The monoisotopic (exact) mass is 355 g/mol. The first-order chi connectivity index (χ1) is 10.4. The lowest BCUT2D eigenvalue weighted by atomic mass is 10.1. The molecule has 2 aromatic carbocycles. The lowest BCUT2D eigenvalue weighted by Crippen LogP contribution is -2.39. The highest BCUT2D eigenvalue weighted by Crippen LogP contribution is 2.25. The molecule has 0 spiro atoms. The number of hydrogen-bond acceptors (Lipinski definition) is 3. The fourth-order valence-corrected chi connectivity index (χ4v) is 3.27. The van der Waals surface area contributed by atoms with Gasteiger partial charge in [-0.25, -0.2) is 0 Å². The first-order valence-corrected chi connectivity index (χ1v) is 8.75. The quantitative estimate of drug-likeness (QED) is 0.710. The summed E-state index contributed by atoms with van der Waals surface area (Å²) in [5, 5.41) is 15.2. The van der Waals surface area contributed by atoms with E-state index in [9.17, 15) is 5.11 Å². The molecule has 1 atom stereocenters. The van der Waals surface area contributed by atoms with Crippen molar-refractivity contribution in [1.82, 2.24) is 5.32 Å². The van der Waals surface area contributed by atoms with Crippen LogP contribution in [0.5, 0.6) is 0 Å². The van der Waals surface area contributed by atoms with E-state index in [2.05, 4.69) is 5.32 Å². The Morgan fingerprint density at radius 1 is 1.09 bits per heavy atom. The number of halogens is 2. The topological polar surface area (TPSA) is 32.3 Å². The van der Waals surface area contributed by atoms with Crippen molar-refractivity contribution in [2.45, 2.75) is 24.0 Å². The molecular formula is C17H19Cl2NOS. The summed E-state index contributed by atoms with van der Waals surface area (Å²) in [4.78, 5) is 1.06. The predicted octanol–water partition coefficient (Wildman–Crippen LogP) is 4.63. The van der Waals surface area contributed by atoms with E-state index >= 15 is 0 Å². The standard InChI is InChI=1S/C17H19Cl2NOS/c1-17(21,12-22-16-4-2-3-15(19)9-16)11-20-10-13-5-7-14(18)8-6-13/h2-9,20-21H,10-12H2,1H3. The van der Waals surface area contributed by atoms with Gasteiger partial charge in [-0.15, -0.1) is 11.8 Å². The second-order valence-electron chi connectivity index (χ2n) is 5.47. The van der Waals surface area contributed by atoms with Crippen molar-refractivity contribution in [3.05, 3.63) is 64.1 Å². The van der Waals surface area contributed by atoms with Crippen molar-refractivity contribution in [2.75, 3.05) is 12.3 Å². The average molecular weight is 356 g/mol. The van der Waals surface area contributed by atoms with Gasteiger partial charge in [0.1, 0.15) is 0 Å². The first kappa shape index (κ1) is 17.6. The van der Waals surface area contributed by atoms with E-state index in [0.717, 1.165) is 15.5 Å². The van der Waals surface area contributed by atoms with Crippen LogP contribution < -0.4 is 5.32 Å². The maximum absolute atomic E-state index is 10.4. The minimum atomic E-state index is -0.792. The van der Waals surface area contributed by atoms with Crippen molar-refractivity contribution in [2.24, 2.45) is 0 Å². The largest absolute Gasteiger partial charge is 0.388 e. The van der Waals surface area contributed by atoms with Crippen LogP contribution >= 0.6 is 35.0 Å². The Labute approximate surface area is 145 Å². The van der Waals surface area contributed by atoms with Crippen molar-refractivity contribution < 1.29 is 5.11 Å². The molecule has 0 amide bonds. The molecule has 2 rings (SSSR count). The Balaban J connectivity index is 1.77. The molecule has 22 heavy (non-hydrogen) atoms. The van der Waals surface area contributed by atoms with E-state index in [1.807, 2.05) is 55.5 Å². The fourth-order valence-electron chi connectivity index (χ4n) is 1.93. The molecule has 0 heterocycles. The summed E-state index contributed by atoms with van der Waals surface area (Å²) in [5.41, 5.74) is 0.349. The minimum absolute atomic E-state index is 0.517. The molecule has 2 N–H and O–H groups in total. The Kier molecular flexibility index (Phi) is 6.60. The normalized spacial score (nSPS) is 13.8. The molecule has 0 radical (unpaired) electrons. The summed E-state index contributed by atoms with van der Waals surface area (Å²) in [7, 11) is 0. The van der Waals surface area contributed by atoms with Crippen LogP contribution in [0.3, 0.4) is 0 Å². The number of rotatable bonds is 7. The highest BCUT2D eigenvalue weighted by atomic mass is 35.5. The van der Waals surface area contributed by atoms with Crippen molar-refractivity contribution in [3.8, 4) is 0 Å². The summed E-state index contributed by atoms with van der Waals surface area (Å²) in [5.74, 6) is 0.598. The second-order valence-corrected chi connectivity index (χ2v) is 7.39. The number of nitrogens with one attached hydrogen (secondary N) is 1. The molecule has 5 heteroatoms. The highest BCUT2D eigenvalue weighted by Gasteiger charge is 2.20. The van der Waals surface area contributed by atoms with E-state index < -0.39 is 5.60 Å². The van der Waals surface area contributed by atoms with Crippen LogP contribution in [0.1, 0.15) is 12.5 Å². The third kappa shape index (κ3) is 6.19. The van der Waals surface area contributed by atoms with Crippen LogP contribution in [-0.4, -0.2) is 23.0 Å². The van der Waals surface area contributed by atoms with Crippen LogP contribution in [0.4, 0.5) is 0 Å². The van der Waals surface area contributed by atoms with E-state index in [1.165, 1.54) is 0 Å². The second kappa shape index (κ2) is 8.23. The first-order valence-electron chi connectivity index (χ1n) is 7.00. The average Bonchev–Trinajstić information content (AvgIpc) is 2.47. The fraction of sp³-hybridized carbons (Fsp3) is 0.294. The molecule has 0 fully saturated rings. The van der Waals surface area contributed by atoms with Gasteiger partial charge in [0.15, 0.2) is 0 Å². The summed E-state index contributed by atoms with van der Waals surface area (Å²) in [6.07, 6.45) is 0. The minimum Gasteiger partial charge on any atom is -0.388 e. The smallest absolute Gasteiger partial charge is 0.0837 e. The summed E-state index contributed by atoms with van der Waals surface area (Å²) in [6.45, 7) is 3.05. The van der Waals surface area contributed by atoms with Crippen molar-refractivity contribution in [1.29, 1.82) is 0 Å². The molecule has 0 saturated heterocycles. The van der Waals surface area contributed by atoms with Crippen LogP contribution in [0.2, 0.25) is 10.0 Å². The molecule has 0 aliphatic heterocycles. The van der Waals surface area contributed by atoms with Gasteiger partial charge in [-0.3, -0.25) is 0 Å². The summed E-state index contributed by atoms with van der Waals surface area (Å²) < 4.78 is 0. The summed E-state index contributed by atoms with van der Waals surface area (Å²) >= 11 is 13.4. The Bertz CT molecular complexity index is 602. The predicted molar refractivity (Wildman–Crippen MR) is 96.0 cm³/mol. The zero-order chi connectivity index (χ0) is 16.0. The van der Waals surface area contributed by atoms with Crippen LogP contribution in [-0.2, 0) is 6.54 Å². The molecule has 2 nitrogen and oxygen atoms in total. The Hall–Kier alpha value is -0.710. The molecule has 0 aliphatic carbocycles. The zero-order valence-electron chi connectivity index (χ0n) is 12.4. The number of aliphatic hydroxyl groups is 1. The molecular weight excluding hydrogens is 337 g/mol. The highest BCUT2D eigenvalue weighted by molar-refractivity contribution is 7.99. The van der Waals surface area contributed by atoms with Crippen molar-refractivity contribution in [3.63, 3.8) is 0 Å². The Morgan fingerprint density at radius 3 is 2.50 bits per heavy atom. The van der Waals surface area contributed by atoms with Gasteiger partial charge in [-0.1, -0.05) is 41.4 Å². The maximum atomic E-state index is 10.4. The van der Waals surface area contributed by atoms with E-state index in [0.29, 0.717) is 23.9 Å². The third-order valence-electron chi connectivity index (χ3n) is 3.09. The number of thioether (sulfide) groups is 1. The van der Waals surface area contributed by atoms with E-state index in [4.69, 9.17) is 23.2 Å². The number of benzene rings is 2. The van der Waals surface area contributed by atoms with Crippen LogP contribution in [0.25, 0.3) is 0 Å². The number of hydrogen-bond donors (Lipinski definition) is 2. The zero-order valence-corrected chi connectivity index (χ0v) is 14.7. The SMILES string of the molecule is CC(O)(CNCc1ccc(Cl)cc1)CSc1cccc(Cl)c1. The van der Waals surface area contributed by atoms with Gasteiger partial charge in [0.05, 0.1) is 5.60 Å². The molecule has 1 unspecified atom stereocenters. The van der Waals surface area contributed by atoms with E-state index in [-0.39, 0.29) is 0 Å². The Morgan fingerprint density at radius 2 is 1.82 bits per heavy atom. The van der Waals surface area contributed by atoms with Gasteiger partial charge in [-0.05, 0) is 42.8 Å². The summed E-state index contributed by atoms with van der Waals surface area (Å²) in [6, 6.07) is 15.3. The van der Waals surface area contributed by atoms with Crippen LogP contribution in [0.15, 0.2) is 53.4 Å². The lowest BCUT2D eigenvalue weighted by Gasteiger charge is -2.23. The molecule has 2 aromatic rings. The molecule has 0 aromatic heterocycles. The maximum Gasteiger partial charge on any atom is 0.0837 e. The van der Waals surface area contributed by atoms with Crippen molar-refractivity contribution >= 4 is 35.0 Å². The van der Waals surface area contributed by atoms with Gasteiger partial charge >= 0.3 is 0 Å². The van der Waals surface area contributed by atoms with Crippen LogP contribution in [0, 0.1) is 0 Å². The van der Waals surface area contributed by atoms with Gasteiger partial charge in [0, 0.05) is 33.8 Å². The van der Waals surface area contributed by atoms with Gasteiger partial charge < -0.3 is 10.4 Å². The molecule has 0 aliphatic rings.